The second-order valence-electron chi connectivity index (χ2n) is 5.31. The van der Waals surface area contributed by atoms with E-state index >= 15 is 0 Å². The summed E-state index contributed by atoms with van der Waals surface area (Å²) in [4.78, 5) is 25.4. The Morgan fingerprint density at radius 3 is 2.46 bits per heavy atom. The molecule has 0 saturated carbocycles. The van der Waals surface area contributed by atoms with Gasteiger partial charge < -0.3 is 24.9 Å². The lowest BCUT2D eigenvalue weighted by atomic mass is 10.1. The normalized spacial score (nSPS) is 11.5. The molecule has 0 spiro atoms. The standard InChI is InChI=1S/C16H23BN2O5/c1-4-19(16(21)12(2)3)11-14(20)18-15(24-17(22)23)10-13-8-6-5-7-9-13/h5-9,15,22-23H,2,4,10-11H2,1,3H3,(H,18,20)/t15-/m1/s1. The molecule has 0 unspecified atom stereocenters. The fourth-order valence-corrected chi connectivity index (χ4v) is 2.10. The lowest BCUT2D eigenvalue weighted by Crippen LogP contribution is -2.47. The van der Waals surface area contributed by atoms with E-state index in [9.17, 15) is 9.59 Å². The number of carbonyl (C=O) groups is 2. The van der Waals surface area contributed by atoms with Crippen LogP contribution in [-0.4, -0.2) is 53.4 Å². The summed E-state index contributed by atoms with van der Waals surface area (Å²) in [6, 6.07) is 9.16. The second kappa shape index (κ2) is 9.87. The monoisotopic (exact) mass is 334 g/mol. The van der Waals surface area contributed by atoms with Crippen molar-refractivity contribution in [1.29, 1.82) is 0 Å². The van der Waals surface area contributed by atoms with Crippen LogP contribution in [0.5, 0.6) is 0 Å². The minimum Gasteiger partial charge on any atom is -0.402 e. The molecule has 2 amide bonds. The van der Waals surface area contributed by atoms with Gasteiger partial charge in [-0.05, 0) is 19.4 Å². The van der Waals surface area contributed by atoms with Crippen molar-refractivity contribution in [3.63, 3.8) is 0 Å². The van der Waals surface area contributed by atoms with E-state index < -0.39 is 19.5 Å². The SMILES string of the molecule is C=C(C)C(=O)N(CC)CC(=O)N[C@@H](Cc1ccccc1)OB(O)O. The summed E-state index contributed by atoms with van der Waals surface area (Å²) in [7, 11) is -2.02. The number of benzene rings is 1. The number of nitrogens with zero attached hydrogens (tertiary/aromatic N) is 1. The van der Waals surface area contributed by atoms with Gasteiger partial charge in [-0.15, -0.1) is 0 Å². The van der Waals surface area contributed by atoms with Crippen molar-refractivity contribution in [3.05, 3.63) is 48.0 Å². The molecule has 0 heterocycles. The van der Waals surface area contributed by atoms with Gasteiger partial charge in [0, 0.05) is 18.5 Å². The second-order valence-corrected chi connectivity index (χ2v) is 5.31. The molecule has 1 aromatic carbocycles. The molecule has 0 aliphatic heterocycles. The predicted molar refractivity (Wildman–Crippen MR) is 90.4 cm³/mol. The molecule has 1 atom stereocenters. The molecular formula is C16H23BN2O5. The molecule has 130 valence electrons. The van der Waals surface area contributed by atoms with Crippen molar-refractivity contribution >= 4 is 19.1 Å². The number of hydrogen-bond acceptors (Lipinski definition) is 5. The molecule has 3 N–H and O–H groups in total. The first-order chi connectivity index (χ1) is 11.3. The highest BCUT2D eigenvalue weighted by molar-refractivity contribution is 6.32. The molecule has 0 aliphatic rings. The third kappa shape index (κ3) is 6.95. The van der Waals surface area contributed by atoms with Crippen LogP contribution in [-0.2, 0) is 20.7 Å². The Kier molecular flexibility index (Phi) is 8.18. The molecular weight excluding hydrogens is 311 g/mol. The first-order valence-corrected chi connectivity index (χ1v) is 7.63. The highest BCUT2D eigenvalue weighted by atomic mass is 16.6. The van der Waals surface area contributed by atoms with Gasteiger partial charge in [0.1, 0.15) is 6.23 Å². The maximum absolute atomic E-state index is 12.1. The maximum Gasteiger partial charge on any atom is 0.635 e. The molecule has 0 aromatic heterocycles. The molecule has 0 radical (unpaired) electrons. The Morgan fingerprint density at radius 1 is 1.33 bits per heavy atom. The van der Waals surface area contributed by atoms with Crippen LogP contribution >= 0.6 is 0 Å². The Bertz CT molecular complexity index is 565. The number of nitrogens with one attached hydrogen (secondary N) is 1. The van der Waals surface area contributed by atoms with Crippen molar-refractivity contribution in [2.75, 3.05) is 13.1 Å². The molecule has 1 rings (SSSR count). The molecule has 24 heavy (non-hydrogen) atoms. The van der Waals surface area contributed by atoms with E-state index in [1.165, 1.54) is 4.90 Å². The Morgan fingerprint density at radius 2 is 1.96 bits per heavy atom. The van der Waals surface area contributed by atoms with Crippen LogP contribution in [0.15, 0.2) is 42.5 Å². The topological polar surface area (TPSA) is 99.1 Å². The van der Waals surface area contributed by atoms with Crippen molar-refractivity contribution in [1.82, 2.24) is 10.2 Å². The fraction of sp³-hybridized carbons (Fsp3) is 0.375. The molecule has 0 saturated heterocycles. The van der Waals surface area contributed by atoms with Gasteiger partial charge in [-0.1, -0.05) is 36.9 Å². The maximum atomic E-state index is 12.1. The van der Waals surface area contributed by atoms with Crippen LogP contribution in [0.3, 0.4) is 0 Å². The number of rotatable bonds is 9. The zero-order valence-electron chi connectivity index (χ0n) is 13.9. The largest absolute Gasteiger partial charge is 0.635 e. The van der Waals surface area contributed by atoms with Gasteiger partial charge in [-0.3, -0.25) is 9.59 Å². The zero-order chi connectivity index (χ0) is 18.1. The predicted octanol–water partition coefficient (Wildman–Crippen LogP) is 0.0821. The minimum absolute atomic E-state index is 0.168. The summed E-state index contributed by atoms with van der Waals surface area (Å²) in [5, 5.41) is 20.6. The molecule has 7 nitrogen and oxygen atoms in total. The Hall–Kier alpha value is -2.16. The third-order valence-corrected chi connectivity index (χ3v) is 3.24. The zero-order valence-corrected chi connectivity index (χ0v) is 13.9. The minimum atomic E-state index is -2.02. The Labute approximate surface area is 142 Å². The van der Waals surface area contributed by atoms with Crippen molar-refractivity contribution < 1.29 is 24.3 Å². The van der Waals surface area contributed by atoms with Gasteiger partial charge in [-0.2, -0.15) is 0 Å². The lowest BCUT2D eigenvalue weighted by Gasteiger charge is -2.23. The third-order valence-electron chi connectivity index (χ3n) is 3.24. The van der Waals surface area contributed by atoms with Gasteiger partial charge in [0.25, 0.3) is 0 Å². The van der Waals surface area contributed by atoms with Gasteiger partial charge in [0.05, 0.1) is 6.54 Å². The van der Waals surface area contributed by atoms with Crippen molar-refractivity contribution in [2.24, 2.45) is 0 Å². The molecule has 0 fully saturated rings. The van der Waals surface area contributed by atoms with E-state index in [2.05, 4.69) is 11.9 Å². The summed E-state index contributed by atoms with van der Waals surface area (Å²) in [6.45, 7) is 7.09. The summed E-state index contributed by atoms with van der Waals surface area (Å²) < 4.78 is 4.91. The first kappa shape index (κ1) is 19.9. The molecule has 0 bridgehead atoms. The summed E-state index contributed by atoms with van der Waals surface area (Å²) in [5.41, 5.74) is 1.20. The summed E-state index contributed by atoms with van der Waals surface area (Å²) in [6.07, 6.45) is -0.677. The van der Waals surface area contributed by atoms with Crippen molar-refractivity contribution in [2.45, 2.75) is 26.5 Å². The summed E-state index contributed by atoms with van der Waals surface area (Å²) in [5.74, 6) is -0.775. The van der Waals surface area contributed by atoms with Crippen LogP contribution in [0, 0.1) is 0 Å². The average molecular weight is 334 g/mol. The van der Waals surface area contributed by atoms with Crippen LogP contribution in [0.2, 0.25) is 0 Å². The first-order valence-electron chi connectivity index (χ1n) is 7.63. The van der Waals surface area contributed by atoms with Gasteiger partial charge in [0.15, 0.2) is 0 Å². The average Bonchev–Trinajstić information content (AvgIpc) is 2.52. The van der Waals surface area contributed by atoms with Gasteiger partial charge in [-0.25, -0.2) is 0 Å². The number of hydrogen-bond donors (Lipinski definition) is 3. The van der Waals surface area contributed by atoms with Crippen LogP contribution < -0.4 is 5.32 Å². The number of carbonyl (C=O) groups excluding carboxylic acids is 2. The lowest BCUT2D eigenvalue weighted by molar-refractivity contribution is -0.134. The fourth-order valence-electron chi connectivity index (χ4n) is 2.10. The smallest absolute Gasteiger partial charge is 0.402 e. The van der Waals surface area contributed by atoms with E-state index in [1.54, 1.807) is 13.8 Å². The van der Waals surface area contributed by atoms with Crippen LogP contribution in [0.25, 0.3) is 0 Å². The van der Waals surface area contributed by atoms with Crippen LogP contribution in [0.1, 0.15) is 19.4 Å². The quantitative estimate of drug-likeness (QED) is 0.338. The van der Waals surface area contributed by atoms with E-state index in [0.717, 1.165) is 5.56 Å². The highest BCUT2D eigenvalue weighted by Crippen LogP contribution is 2.05. The number of likely N-dealkylation sites (N-methyl/N-ethyl adjacent to an activating group) is 1. The van der Waals surface area contributed by atoms with Gasteiger partial charge >= 0.3 is 7.32 Å². The molecule has 0 aliphatic carbocycles. The molecule has 8 heteroatoms. The van der Waals surface area contributed by atoms with Crippen molar-refractivity contribution in [3.8, 4) is 0 Å². The molecule has 1 aromatic rings. The van der Waals surface area contributed by atoms with E-state index in [-0.39, 0.29) is 18.9 Å². The van der Waals surface area contributed by atoms with Crippen LogP contribution in [0.4, 0.5) is 0 Å². The summed E-state index contributed by atoms with van der Waals surface area (Å²) >= 11 is 0. The van der Waals surface area contributed by atoms with E-state index in [0.29, 0.717) is 12.1 Å². The van der Waals surface area contributed by atoms with E-state index in [1.807, 2.05) is 30.3 Å². The number of amides is 2. The van der Waals surface area contributed by atoms with Gasteiger partial charge in [0.2, 0.25) is 11.8 Å². The highest BCUT2D eigenvalue weighted by Gasteiger charge is 2.22. The Balaban J connectivity index is 2.69. The van der Waals surface area contributed by atoms with E-state index in [4.69, 9.17) is 14.7 Å².